The van der Waals surface area contributed by atoms with Crippen LogP contribution in [0.3, 0.4) is 0 Å². The average molecular weight is 359 g/mol. The van der Waals surface area contributed by atoms with Gasteiger partial charge >= 0.3 is 0 Å². The first-order chi connectivity index (χ1) is 12.2. The molecule has 0 bridgehead atoms. The molecule has 0 aromatic heterocycles. The number of aliphatic hydroxyl groups is 2. The summed E-state index contributed by atoms with van der Waals surface area (Å²) in [7, 11) is 0. The third kappa shape index (κ3) is 14.7. The Labute approximate surface area is 158 Å². The number of hydrogen-bond donors (Lipinski definition) is 2. The molecule has 0 amide bonds. The smallest absolute Gasteiger partial charge is 0.102 e. The third-order valence-corrected chi connectivity index (χ3v) is 5.62. The molecule has 0 radical (unpaired) electrons. The van der Waals surface area contributed by atoms with E-state index in [1.54, 1.807) is 0 Å². The van der Waals surface area contributed by atoms with Gasteiger partial charge in [0.2, 0.25) is 0 Å². The third-order valence-electron chi connectivity index (χ3n) is 5.62. The van der Waals surface area contributed by atoms with E-state index in [9.17, 15) is 10.2 Å². The van der Waals surface area contributed by atoms with Gasteiger partial charge in [-0.3, -0.25) is 0 Å². The molecule has 0 heterocycles. The Morgan fingerprint density at radius 3 is 1.08 bits per heavy atom. The first-order valence-corrected chi connectivity index (χ1v) is 11.3. The van der Waals surface area contributed by atoms with Crippen LogP contribution in [0.2, 0.25) is 0 Å². The Bertz CT molecular complexity index is 232. The highest BCUT2D eigenvalue weighted by atomic mass is 16.3. The van der Waals surface area contributed by atoms with Gasteiger partial charge in [0.25, 0.3) is 0 Å². The predicted octanol–water partition coefficient (Wildman–Crippen LogP) is 5.29. The lowest BCUT2D eigenvalue weighted by Gasteiger charge is -2.38. The average Bonchev–Trinajstić information content (AvgIpc) is 2.61. The van der Waals surface area contributed by atoms with Gasteiger partial charge in [0.1, 0.15) is 13.1 Å². The number of quaternary nitrogens is 1. The number of aliphatic hydroxyl groups excluding tert-OH is 2. The first-order valence-electron chi connectivity index (χ1n) is 11.3. The van der Waals surface area contributed by atoms with Gasteiger partial charge in [-0.15, -0.1) is 0 Å². The zero-order valence-corrected chi connectivity index (χ0v) is 17.5. The van der Waals surface area contributed by atoms with E-state index < -0.39 is 0 Å². The molecule has 2 N–H and O–H groups in total. The fourth-order valence-electron chi connectivity index (χ4n) is 3.90. The van der Waals surface area contributed by atoms with E-state index in [2.05, 4.69) is 13.8 Å². The highest BCUT2D eigenvalue weighted by Gasteiger charge is 2.25. The summed E-state index contributed by atoms with van der Waals surface area (Å²) in [5.74, 6) is 0. The molecule has 0 aliphatic rings. The van der Waals surface area contributed by atoms with Crippen LogP contribution in [0.1, 0.15) is 104 Å². The lowest BCUT2D eigenvalue weighted by atomic mass is 10.1. The normalized spacial score (nSPS) is 12.0. The van der Waals surface area contributed by atoms with Gasteiger partial charge in [-0.25, -0.2) is 0 Å². The fourth-order valence-corrected chi connectivity index (χ4v) is 3.90. The van der Waals surface area contributed by atoms with Crippen LogP contribution >= 0.6 is 0 Å². The first kappa shape index (κ1) is 24.9. The Kier molecular flexibility index (Phi) is 18.6. The van der Waals surface area contributed by atoms with Crippen molar-refractivity contribution in [2.24, 2.45) is 0 Å². The van der Waals surface area contributed by atoms with Crippen LogP contribution in [0.25, 0.3) is 0 Å². The highest BCUT2D eigenvalue weighted by molar-refractivity contribution is 4.52. The highest BCUT2D eigenvalue weighted by Crippen LogP contribution is 2.16. The molecule has 152 valence electrons. The minimum absolute atomic E-state index is 0.243. The van der Waals surface area contributed by atoms with Crippen LogP contribution in [0, 0.1) is 0 Å². The van der Waals surface area contributed by atoms with Crippen LogP contribution in [0.4, 0.5) is 0 Å². The van der Waals surface area contributed by atoms with Gasteiger partial charge in [0.05, 0.1) is 26.3 Å². The number of hydrogen-bond acceptors (Lipinski definition) is 2. The predicted molar refractivity (Wildman–Crippen MR) is 110 cm³/mol. The molecule has 25 heavy (non-hydrogen) atoms. The molecular weight excluding hydrogens is 310 g/mol. The second-order valence-corrected chi connectivity index (χ2v) is 7.93. The summed E-state index contributed by atoms with van der Waals surface area (Å²) in [6.45, 7) is 8.90. The molecule has 0 rings (SSSR count). The summed E-state index contributed by atoms with van der Waals surface area (Å²) in [4.78, 5) is 0. The van der Waals surface area contributed by atoms with Crippen molar-refractivity contribution >= 4 is 0 Å². The SMILES string of the molecule is CCCCCCCCC[N+](CCO)(CCO)CCCCCCCCC. The van der Waals surface area contributed by atoms with E-state index in [1.807, 2.05) is 0 Å². The maximum Gasteiger partial charge on any atom is 0.102 e. The quantitative estimate of drug-likeness (QED) is 0.229. The Morgan fingerprint density at radius 1 is 0.440 bits per heavy atom. The minimum atomic E-state index is 0.243. The lowest BCUT2D eigenvalue weighted by molar-refractivity contribution is -0.929. The van der Waals surface area contributed by atoms with Crippen molar-refractivity contribution in [2.75, 3.05) is 39.4 Å². The minimum Gasteiger partial charge on any atom is -0.391 e. The molecule has 3 heteroatoms. The van der Waals surface area contributed by atoms with Crippen molar-refractivity contribution in [1.29, 1.82) is 0 Å². The van der Waals surface area contributed by atoms with Crippen LogP contribution in [-0.2, 0) is 0 Å². The Morgan fingerprint density at radius 2 is 0.760 bits per heavy atom. The lowest BCUT2D eigenvalue weighted by Crippen LogP contribution is -2.52. The topological polar surface area (TPSA) is 40.5 Å². The molecule has 0 fully saturated rings. The number of rotatable bonds is 20. The molecule has 0 atom stereocenters. The second kappa shape index (κ2) is 18.7. The van der Waals surface area contributed by atoms with Crippen LogP contribution in [0.15, 0.2) is 0 Å². The zero-order valence-electron chi connectivity index (χ0n) is 17.5. The molecule has 0 aromatic rings. The molecule has 0 saturated heterocycles. The summed E-state index contributed by atoms with van der Waals surface area (Å²) < 4.78 is 0.928. The van der Waals surface area contributed by atoms with E-state index in [4.69, 9.17) is 0 Å². The van der Waals surface area contributed by atoms with Gasteiger partial charge in [0.15, 0.2) is 0 Å². The van der Waals surface area contributed by atoms with Crippen molar-refractivity contribution < 1.29 is 14.7 Å². The van der Waals surface area contributed by atoms with E-state index >= 15 is 0 Å². The van der Waals surface area contributed by atoms with Crippen molar-refractivity contribution in [3.8, 4) is 0 Å². The fraction of sp³-hybridized carbons (Fsp3) is 1.00. The Hall–Kier alpha value is -0.120. The molecule has 0 unspecified atom stereocenters. The van der Waals surface area contributed by atoms with Gasteiger partial charge in [0, 0.05) is 0 Å². The summed E-state index contributed by atoms with van der Waals surface area (Å²) in [6, 6.07) is 0. The monoisotopic (exact) mass is 358 g/mol. The van der Waals surface area contributed by atoms with Crippen molar-refractivity contribution in [1.82, 2.24) is 0 Å². The molecule has 3 nitrogen and oxygen atoms in total. The molecule has 0 aliphatic carbocycles. The van der Waals surface area contributed by atoms with E-state index in [0.29, 0.717) is 0 Å². The van der Waals surface area contributed by atoms with Gasteiger partial charge in [-0.1, -0.05) is 78.1 Å². The molecule has 0 aliphatic heterocycles. The van der Waals surface area contributed by atoms with Gasteiger partial charge in [-0.05, 0) is 25.7 Å². The molecule has 0 spiro atoms. The Balaban J connectivity index is 4.06. The van der Waals surface area contributed by atoms with E-state index in [1.165, 1.54) is 89.9 Å². The van der Waals surface area contributed by atoms with E-state index in [-0.39, 0.29) is 13.2 Å². The molecule has 0 aromatic carbocycles. The maximum atomic E-state index is 9.53. The van der Waals surface area contributed by atoms with Crippen LogP contribution in [-0.4, -0.2) is 54.1 Å². The van der Waals surface area contributed by atoms with Gasteiger partial charge in [-0.2, -0.15) is 0 Å². The molecular formula is C22H48NO2+. The van der Waals surface area contributed by atoms with E-state index in [0.717, 1.165) is 30.7 Å². The number of nitrogens with zero attached hydrogens (tertiary/aromatic N) is 1. The molecule has 0 saturated carbocycles. The summed E-state index contributed by atoms with van der Waals surface area (Å²) in [5, 5.41) is 19.1. The maximum absolute atomic E-state index is 9.53. The summed E-state index contributed by atoms with van der Waals surface area (Å²) in [6.07, 6.45) is 18.6. The second-order valence-electron chi connectivity index (χ2n) is 7.93. The summed E-state index contributed by atoms with van der Waals surface area (Å²) in [5.41, 5.74) is 0. The van der Waals surface area contributed by atoms with Gasteiger partial charge < -0.3 is 14.7 Å². The van der Waals surface area contributed by atoms with Crippen molar-refractivity contribution in [2.45, 2.75) is 104 Å². The van der Waals surface area contributed by atoms with Crippen LogP contribution in [0.5, 0.6) is 0 Å². The summed E-state index contributed by atoms with van der Waals surface area (Å²) >= 11 is 0. The van der Waals surface area contributed by atoms with Crippen molar-refractivity contribution in [3.63, 3.8) is 0 Å². The van der Waals surface area contributed by atoms with Crippen molar-refractivity contribution in [3.05, 3.63) is 0 Å². The zero-order chi connectivity index (χ0) is 18.6. The standard InChI is InChI=1S/C22H48NO2/c1-3-5-7-9-11-13-15-17-23(19-21-24,20-22-25)18-16-14-12-10-8-6-4-2/h24-25H,3-22H2,1-2H3/q+1. The number of unbranched alkanes of at least 4 members (excludes halogenated alkanes) is 12. The largest absolute Gasteiger partial charge is 0.391 e. The van der Waals surface area contributed by atoms with Crippen LogP contribution < -0.4 is 0 Å².